The van der Waals surface area contributed by atoms with Crippen LogP contribution < -0.4 is 5.46 Å². The van der Waals surface area contributed by atoms with Crippen molar-refractivity contribution in [1.82, 2.24) is 0 Å². The molecule has 0 saturated carbocycles. The molecule has 0 bridgehead atoms. The van der Waals surface area contributed by atoms with Crippen LogP contribution in [-0.4, -0.2) is 41.5 Å². The first-order chi connectivity index (χ1) is 9.49. The highest BCUT2D eigenvalue weighted by Gasteiger charge is 2.39. The van der Waals surface area contributed by atoms with Crippen molar-refractivity contribution in [3.63, 3.8) is 0 Å². The van der Waals surface area contributed by atoms with Gasteiger partial charge in [0.1, 0.15) is 0 Å². The van der Waals surface area contributed by atoms with E-state index in [-0.39, 0.29) is 0 Å². The summed E-state index contributed by atoms with van der Waals surface area (Å²) in [4.78, 5) is 11.7. The summed E-state index contributed by atoms with van der Waals surface area (Å²) in [6.45, 7) is 8.37. The molecule has 116 valence electrons. The second-order valence-electron chi connectivity index (χ2n) is 6.11. The normalized spacial score (nSPS) is 12.2. The van der Waals surface area contributed by atoms with E-state index in [4.69, 9.17) is 9.39 Å². The predicted octanol–water partition coefficient (Wildman–Crippen LogP) is 1.04. The topological polar surface area (TPSA) is 76.0 Å². The second kappa shape index (κ2) is 6.18. The van der Waals surface area contributed by atoms with Crippen molar-refractivity contribution in [2.45, 2.75) is 45.8 Å². The van der Waals surface area contributed by atoms with E-state index in [2.05, 4.69) is 0 Å². The van der Waals surface area contributed by atoms with Crippen LogP contribution in [-0.2, 0) is 9.39 Å². The molecular formula is C15H23BO5. The lowest BCUT2D eigenvalue weighted by molar-refractivity contribution is -0.0982. The zero-order valence-electron chi connectivity index (χ0n) is 13.4. The molecule has 1 aromatic rings. The molecule has 6 heteroatoms. The molecule has 0 aromatic heterocycles. The molecule has 0 spiro atoms. The van der Waals surface area contributed by atoms with Crippen LogP contribution in [0.4, 0.5) is 0 Å². The van der Waals surface area contributed by atoms with Crippen molar-refractivity contribution in [2.75, 3.05) is 7.11 Å². The number of carbonyl (C=O) groups is 1. The van der Waals surface area contributed by atoms with Gasteiger partial charge in [0.25, 0.3) is 0 Å². The zero-order chi connectivity index (χ0) is 16.4. The van der Waals surface area contributed by atoms with Gasteiger partial charge in [0.15, 0.2) is 0 Å². The quantitative estimate of drug-likeness (QED) is 0.627. The first-order valence-corrected chi connectivity index (χ1v) is 6.76. The lowest BCUT2D eigenvalue weighted by Crippen LogP contribution is -2.53. The van der Waals surface area contributed by atoms with Gasteiger partial charge in [0, 0.05) is 0 Å². The lowest BCUT2D eigenvalue weighted by atomic mass is 9.75. The van der Waals surface area contributed by atoms with E-state index in [9.17, 15) is 14.9 Å². The van der Waals surface area contributed by atoms with Crippen LogP contribution in [0.2, 0.25) is 0 Å². The van der Waals surface area contributed by atoms with Crippen molar-refractivity contribution >= 4 is 18.6 Å². The third-order valence-corrected chi connectivity index (χ3v) is 3.83. The molecule has 0 radical (unpaired) electrons. The minimum absolute atomic E-state index is 0.374. The molecule has 0 amide bonds. The van der Waals surface area contributed by atoms with Crippen LogP contribution in [0, 0.1) is 6.92 Å². The number of aliphatic hydroxyl groups is 1. The minimum atomic E-state index is -1.25. The molecule has 0 heterocycles. The average molecular weight is 294 g/mol. The van der Waals surface area contributed by atoms with Gasteiger partial charge in [0.05, 0.1) is 23.9 Å². The summed E-state index contributed by atoms with van der Waals surface area (Å²) in [5, 5.41) is 20.3. The van der Waals surface area contributed by atoms with Crippen LogP contribution in [0.1, 0.15) is 43.6 Å². The number of rotatable bonds is 5. The Balaban J connectivity index is 3.04. The summed E-state index contributed by atoms with van der Waals surface area (Å²) in [6, 6.07) is 4.92. The highest BCUT2D eigenvalue weighted by atomic mass is 16.5. The summed E-state index contributed by atoms with van der Waals surface area (Å²) >= 11 is 0. The lowest BCUT2D eigenvalue weighted by Gasteiger charge is -2.38. The average Bonchev–Trinajstić information content (AvgIpc) is 2.36. The van der Waals surface area contributed by atoms with Crippen LogP contribution in [0.15, 0.2) is 18.2 Å². The Labute approximate surface area is 126 Å². The van der Waals surface area contributed by atoms with Gasteiger partial charge in [-0.15, -0.1) is 0 Å². The minimum Gasteiger partial charge on any atom is -0.465 e. The number of esters is 1. The van der Waals surface area contributed by atoms with E-state index in [1.807, 2.05) is 0 Å². The summed E-state index contributed by atoms with van der Waals surface area (Å²) in [6.07, 6.45) is 0. The van der Waals surface area contributed by atoms with Gasteiger partial charge in [-0.3, -0.25) is 0 Å². The van der Waals surface area contributed by atoms with E-state index in [1.54, 1.807) is 46.8 Å². The Morgan fingerprint density at radius 1 is 1.24 bits per heavy atom. The zero-order valence-corrected chi connectivity index (χ0v) is 13.4. The maximum Gasteiger partial charge on any atom is 0.491 e. The van der Waals surface area contributed by atoms with Gasteiger partial charge in [-0.25, -0.2) is 4.79 Å². The highest BCUT2D eigenvalue weighted by Crippen LogP contribution is 2.25. The van der Waals surface area contributed by atoms with Crippen molar-refractivity contribution in [3.8, 4) is 0 Å². The van der Waals surface area contributed by atoms with Crippen LogP contribution in [0.5, 0.6) is 0 Å². The Bertz CT molecular complexity index is 519. The van der Waals surface area contributed by atoms with Crippen LogP contribution in [0.25, 0.3) is 0 Å². The number of aryl methyl sites for hydroxylation is 1. The van der Waals surface area contributed by atoms with Crippen LogP contribution >= 0.6 is 0 Å². The van der Waals surface area contributed by atoms with Gasteiger partial charge in [-0.2, -0.15) is 0 Å². The molecule has 0 unspecified atom stereocenters. The van der Waals surface area contributed by atoms with Gasteiger partial charge in [-0.05, 0) is 51.7 Å². The fraction of sp³-hybridized carbons (Fsp3) is 0.533. The Hall–Kier alpha value is -1.37. The van der Waals surface area contributed by atoms with Gasteiger partial charge in [0.2, 0.25) is 0 Å². The highest BCUT2D eigenvalue weighted by molar-refractivity contribution is 6.60. The Kier molecular flexibility index (Phi) is 5.20. The fourth-order valence-corrected chi connectivity index (χ4v) is 1.61. The summed E-state index contributed by atoms with van der Waals surface area (Å²) in [5.41, 5.74) is -0.552. The van der Waals surface area contributed by atoms with Crippen molar-refractivity contribution in [1.29, 1.82) is 0 Å². The molecule has 0 aliphatic heterocycles. The van der Waals surface area contributed by atoms with E-state index < -0.39 is 24.3 Å². The van der Waals surface area contributed by atoms with Gasteiger partial charge in [-0.1, -0.05) is 12.1 Å². The second-order valence-corrected chi connectivity index (χ2v) is 6.11. The maximum absolute atomic E-state index is 11.7. The third kappa shape index (κ3) is 4.06. The molecule has 0 saturated heterocycles. The monoisotopic (exact) mass is 294 g/mol. The van der Waals surface area contributed by atoms with E-state index in [0.717, 1.165) is 5.56 Å². The molecule has 0 fully saturated rings. The third-order valence-electron chi connectivity index (χ3n) is 3.83. The maximum atomic E-state index is 11.7. The molecule has 5 nitrogen and oxygen atoms in total. The fourth-order valence-electron chi connectivity index (χ4n) is 1.61. The predicted molar refractivity (Wildman–Crippen MR) is 81.6 cm³/mol. The summed E-state index contributed by atoms with van der Waals surface area (Å²) < 4.78 is 10.3. The number of hydrogen-bond acceptors (Lipinski definition) is 5. The molecule has 2 N–H and O–H groups in total. The largest absolute Gasteiger partial charge is 0.491 e. The van der Waals surface area contributed by atoms with E-state index in [0.29, 0.717) is 11.0 Å². The van der Waals surface area contributed by atoms with E-state index >= 15 is 0 Å². The molecule has 1 aromatic carbocycles. The summed E-state index contributed by atoms with van der Waals surface area (Å²) in [5.74, 6) is -0.469. The van der Waals surface area contributed by atoms with Crippen molar-refractivity contribution in [2.24, 2.45) is 0 Å². The molecular weight excluding hydrogens is 271 g/mol. The smallest absolute Gasteiger partial charge is 0.465 e. The number of carbonyl (C=O) groups excluding carboxylic acids is 1. The summed E-state index contributed by atoms with van der Waals surface area (Å²) in [7, 11) is 0.0501. The molecule has 0 aliphatic carbocycles. The first kappa shape index (κ1) is 17.7. The van der Waals surface area contributed by atoms with Gasteiger partial charge >= 0.3 is 13.1 Å². The van der Waals surface area contributed by atoms with Crippen LogP contribution in [0.3, 0.4) is 0 Å². The molecule has 0 atom stereocenters. The number of benzene rings is 1. The number of hydrogen-bond donors (Lipinski definition) is 2. The number of methoxy groups -OCH3 is 1. The molecule has 21 heavy (non-hydrogen) atoms. The number of ether oxygens (including phenoxy) is 1. The molecule has 1 rings (SSSR count). The van der Waals surface area contributed by atoms with Gasteiger partial charge < -0.3 is 19.5 Å². The molecule has 0 aliphatic rings. The standard InChI is InChI=1S/C15H23BO5/c1-10-7-8-11(9-12(10)13(17)20-6)16(19)21-15(4,5)14(2,3)18/h7-9,18-19H,1-6H3. The van der Waals surface area contributed by atoms with E-state index in [1.165, 1.54) is 13.2 Å². The van der Waals surface area contributed by atoms with Crippen molar-refractivity contribution < 1.29 is 24.3 Å². The Morgan fingerprint density at radius 2 is 1.81 bits per heavy atom. The SMILES string of the molecule is COC(=O)c1cc(B(O)OC(C)(C)C(C)(C)O)ccc1C. The first-order valence-electron chi connectivity index (χ1n) is 6.76. The van der Waals surface area contributed by atoms with Crippen molar-refractivity contribution in [3.05, 3.63) is 29.3 Å². The Morgan fingerprint density at radius 3 is 2.29 bits per heavy atom.